The van der Waals surface area contributed by atoms with Gasteiger partial charge in [-0.15, -0.1) is 0 Å². The maximum atomic E-state index is 10.3. The average molecular weight is 329 g/mol. The first-order chi connectivity index (χ1) is 9.74. The Morgan fingerprint density at radius 3 is 2.75 bits per heavy atom. The molecule has 1 N–H and O–H groups in total. The van der Waals surface area contributed by atoms with Crippen molar-refractivity contribution >= 4 is 27.0 Å². The summed E-state index contributed by atoms with van der Waals surface area (Å²) in [6, 6.07) is 16.5. The molecule has 100 valence electrons. The van der Waals surface area contributed by atoms with Crippen LogP contribution in [0.5, 0.6) is 0 Å². The van der Waals surface area contributed by atoms with Crippen LogP contribution in [0.15, 0.2) is 53.0 Å². The molecule has 2 atom stereocenters. The summed E-state index contributed by atoms with van der Waals surface area (Å²) < 4.78 is 3.20. The number of aliphatic hydroxyl groups is 1. The van der Waals surface area contributed by atoms with Crippen molar-refractivity contribution in [1.29, 1.82) is 0 Å². The minimum absolute atomic E-state index is 0.153. The molecule has 3 aromatic rings. The van der Waals surface area contributed by atoms with Crippen LogP contribution in [-0.4, -0.2) is 14.7 Å². The Morgan fingerprint density at radius 1 is 1.15 bits per heavy atom. The first-order valence-electron chi connectivity index (χ1n) is 6.64. The molecule has 1 aliphatic rings. The minimum atomic E-state index is -0.494. The second kappa shape index (κ2) is 4.43. The molecule has 2 aromatic carbocycles. The van der Waals surface area contributed by atoms with E-state index in [-0.39, 0.29) is 6.04 Å². The fourth-order valence-corrected chi connectivity index (χ4v) is 3.38. The van der Waals surface area contributed by atoms with Crippen molar-refractivity contribution in [2.45, 2.75) is 18.6 Å². The molecule has 0 aliphatic carbocycles. The standard InChI is InChI=1S/C16H13BrN2O/c17-11-6-7-12-14(8-11)19-13(9-15(20)16(19)18-12)10-4-2-1-3-5-10/h1-8,13,15,20H,9H2. The number of nitrogens with zero attached hydrogens (tertiary/aromatic N) is 2. The Morgan fingerprint density at radius 2 is 1.95 bits per heavy atom. The summed E-state index contributed by atoms with van der Waals surface area (Å²) in [7, 11) is 0. The van der Waals surface area contributed by atoms with E-state index < -0.39 is 6.10 Å². The Balaban J connectivity index is 1.97. The summed E-state index contributed by atoms with van der Waals surface area (Å²) in [5, 5.41) is 10.3. The third-order valence-corrected chi connectivity index (χ3v) is 4.41. The molecule has 0 spiro atoms. The second-order valence-electron chi connectivity index (χ2n) is 5.15. The maximum Gasteiger partial charge on any atom is 0.139 e. The molecule has 0 saturated carbocycles. The quantitative estimate of drug-likeness (QED) is 0.737. The van der Waals surface area contributed by atoms with Gasteiger partial charge in [-0.3, -0.25) is 0 Å². The monoisotopic (exact) mass is 328 g/mol. The van der Waals surface area contributed by atoms with E-state index in [0.29, 0.717) is 6.42 Å². The van der Waals surface area contributed by atoms with Gasteiger partial charge < -0.3 is 9.67 Å². The van der Waals surface area contributed by atoms with Crippen molar-refractivity contribution in [2.75, 3.05) is 0 Å². The van der Waals surface area contributed by atoms with E-state index in [4.69, 9.17) is 0 Å². The van der Waals surface area contributed by atoms with Crippen molar-refractivity contribution in [3.05, 3.63) is 64.4 Å². The van der Waals surface area contributed by atoms with Gasteiger partial charge in [-0.25, -0.2) is 4.98 Å². The van der Waals surface area contributed by atoms with E-state index >= 15 is 0 Å². The third-order valence-electron chi connectivity index (χ3n) is 3.92. The third kappa shape index (κ3) is 1.72. The molecule has 0 amide bonds. The highest BCUT2D eigenvalue weighted by molar-refractivity contribution is 9.10. The maximum absolute atomic E-state index is 10.3. The zero-order valence-corrected chi connectivity index (χ0v) is 12.3. The lowest BCUT2D eigenvalue weighted by atomic mass is 10.0. The summed E-state index contributed by atoms with van der Waals surface area (Å²) in [6.07, 6.45) is 0.195. The summed E-state index contributed by atoms with van der Waals surface area (Å²) in [4.78, 5) is 4.58. The number of imidazole rings is 1. The van der Waals surface area contributed by atoms with Crippen LogP contribution < -0.4 is 0 Å². The molecular weight excluding hydrogens is 316 g/mol. The molecule has 0 radical (unpaired) electrons. The lowest BCUT2D eigenvalue weighted by Crippen LogP contribution is -2.05. The van der Waals surface area contributed by atoms with Gasteiger partial charge in [-0.1, -0.05) is 46.3 Å². The fourth-order valence-electron chi connectivity index (χ4n) is 3.03. The van der Waals surface area contributed by atoms with Gasteiger partial charge in [0.05, 0.1) is 17.1 Å². The number of fused-ring (bicyclic) bond motifs is 3. The smallest absolute Gasteiger partial charge is 0.139 e. The Labute approximate surface area is 125 Å². The molecular formula is C16H13BrN2O. The van der Waals surface area contributed by atoms with Crippen molar-refractivity contribution in [1.82, 2.24) is 9.55 Å². The van der Waals surface area contributed by atoms with Gasteiger partial charge in [-0.05, 0) is 23.8 Å². The van der Waals surface area contributed by atoms with E-state index in [9.17, 15) is 5.11 Å². The van der Waals surface area contributed by atoms with Crippen LogP contribution in [0.4, 0.5) is 0 Å². The molecule has 2 unspecified atom stereocenters. The highest BCUT2D eigenvalue weighted by Crippen LogP contribution is 2.41. The van der Waals surface area contributed by atoms with Crippen molar-refractivity contribution in [2.24, 2.45) is 0 Å². The number of benzene rings is 2. The number of aromatic nitrogens is 2. The minimum Gasteiger partial charge on any atom is -0.385 e. The van der Waals surface area contributed by atoms with E-state index in [1.807, 2.05) is 30.3 Å². The van der Waals surface area contributed by atoms with Crippen LogP contribution in [0.1, 0.15) is 30.0 Å². The zero-order valence-electron chi connectivity index (χ0n) is 10.7. The van der Waals surface area contributed by atoms with Crippen LogP contribution in [-0.2, 0) is 0 Å². The molecule has 0 saturated heterocycles. The molecule has 20 heavy (non-hydrogen) atoms. The Hall–Kier alpha value is -1.65. The lowest BCUT2D eigenvalue weighted by molar-refractivity contribution is 0.172. The molecule has 0 fully saturated rings. The molecule has 1 aliphatic heterocycles. The van der Waals surface area contributed by atoms with Gasteiger partial charge >= 0.3 is 0 Å². The van der Waals surface area contributed by atoms with Crippen LogP contribution in [0.3, 0.4) is 0 Å². The molecule has 4 heteroatoms. The van der Waals surface area contributed by atoms with Crippen molar-refractivity contribution in [3.63, 3.8) is 0 Å². The molecule has 3 nitrogen and oxygen atoms in total. The van der Waals surface area contributed by atoms with E-state index in [1.165, 1.54) is 5.56 Å². The molecule has 2 heterocycles. The van der Waals surface area contributed by atoms with Crippen molar-refractivity contribution < 1.29 is 5.11 Å². The normalized spacial score (nSPS) is 21.3. The summed E-state index contributed by atoms with van der Waals surface area (Å²) in [6.45, 7) is 0. The summed E-state index contributed by atoms with van der Waals surface area (Å²) in [5.41, 5.74) is 3.22. The molecule has 4 rings (SSSR count). The summed E-state index contributed by atoms with van der Waals surface area (Å²) >= 11 is 3.51. The largest absolute Gasteiger partial charge is 0.385 e. The number of hydrogen-bond donors (Lipinski definition) is 1. The molecule has 0 bridgehead atoms. The van der Waals surface area contributed by atoms with Gasteiger partial charge in [-0.2, -0.15) is 0 Å². The predicted molar refractivity (Wildman–Crippen MR) is 81.6 cm³/mol. The average Bonchev–Trinajstić information content (AvgIpc) is 2.98. The van der Waals surface area contributed by atoms with E-state index in [2.05, 4.69) is 43.7 Å². The SMILES string of the molecule is OC1CC(c2ccccc2)n2c1nc1ccc(Br)cc12. The highest BCUT2D eigenvalue weighted by Gasteiger charge is 2.33. The van der Waals surface area contributed by atoms with Crippen LogP contribution in [0, 0.1) is 0 Å². The number of rotatable bonds is 1. The number of hydrogen-bond acceptors (Lipinski definition) is 2. The Kier molecular flexibility index (Phi) is 2.69. The Bertz CT molecular complexity index is 782. The number of halogens is 1. The molecule has 1 aromatic heterocycles. The van der Waals surface area contributed by atoms with Gasteiger partial charge in [0.2, 0.25) is 0 Å². The summed E-state index contributed by atoms with van der Waals surface area (Å²) in [5.74, 6) is 0.770. The van der Waals surface area contributed by atoms with Crippen molar-refractivity contribution in [3.8, 4) is 0 Å². The first-order valence-corrected chi connectivity index (χ1v) is 7.44. The second-order valence-corrected chi connectivity index (χ2v) is 6.07. The van der Waals surface area contributed by atoms with Gasteiger partial charge in [0.15, 0.2) is 0 Å². The van der Waals surface area contributed by atoms with E-state index in [0.717, 1.165) is 21.3 Å². The van der Waals surface area contributed by atoms with Gasteiger partial charge in [0.25, 0.3) is 0 Å². The zero-order chi connectivity index (χ0) is 13.7. The van der Waals surface area contributed by atoms with E-state index in [1.54, 1.807) is 0 Å². The first kappa shape index (κ1) is 12.1. The lowest BCUT2D eigenvalue weighted by Gasteiger charge is -2.14. The highest BCUT2D eigenvalue weighted by atomic mass is 79.9. The predicted octanol–water partition coefficient (Wildman–Crippen LogP) is 3.83. The van der Waals surface area contributed by atoms with Crippen LogP contribution in [0.25, 0.3) is 11.0 Å². The topological polar surface area (TPSA) is 38.0 Å². The number of aliphatic hydroxyl groups excluding tert-OH is 1. The fraction of sp³-hybridized carbons (Fsp3) is 0.188. The van der Waals surface area contributed by atoms with Gasteiger partial charge in [0.1, 0.15) is 11.9 Å². The van der Waals surface area contributed by atoms with Crippen LogP contribution in [0.2, 0.25) is 0 Å². The van der Waals surface area contributed by atoms with Crippen LogP contribution >= 0.6 is 15.9 Å². The van der Waals surface area contributed by atoms with Gasteiger partial charge in [0, 0.05) is 10.9 Å².